The van der Waals surface area contributed by atoms with E-state index in [1.54, 1.807) is 0 Å². The van der Waals surface area contributed by atoms with Crippen LogP contribution in [0.5, 0.6) is 5.88 Å². The SMILES string of the molecule is Cc1c(C(=O)c2ccc(Cl)cc2Cl)c(O)n(CC2CCCO2)c(=O)c1C#N. The average molecular weight is 407 g/mol. The quantitative estimate of drug-likeness (QED) is 0.784. The fourth-order valence-electron chi connectivity index (χ4n) is 3.19. The molecule has 8 heteroatoms. The number of aromatic nitrogens is 1. The fraction of sp³-hybridized carbons (Fsp3) is 0.316. The molecule has 0 spiro atoms. The normalized spacial score (nSPS) is 16.3. The summed E-state index contributed by atoms with van der Waals surface area (Å²) in [7, 11) is 0. The average Bonchev–Trinajstić information content (AvgIpc) is 3.12. The Morgan fingerprint density at radius 2 is 2.19 bits per heavy atom. The summed E-state index contributed by atoms with van der Waals surface area (Å²) in [6.45, 7) is 2.09. The number of halogens is 2. The number of carbonyl (C=O) groups is 1. The zero-order chi connectivity index (χ0) is 19.7. The molecular weight excluding hydrogens is 391 g/mol. The molecule has 0 amide bonds. The number of rotatable bonds is 4. The maximum atomic E-state index is 13.0. The van der Waals surface area contributed by atoms with Gasteiger partial charge in [0.2, 0.25) is 5.88 Å². The molecule has 1 atom stereocenters. The maximum Gasteiger partial charge on any atom is 0.271 e. The highest BCUT2D eigenvalue weighted by Gasteiger charge is 2.28. The highest BCUT2D eigenvalue weighted by Crippen LogP contribution is 2.30. The lowest BCUT2D eigenvalue weighted by atomic mass is 9.97. The van der Waals surface area contributed by atoms with E-state index in [1.165, 1.54) is 25.1 Å². The Hall–Kier alpha value is -2.33. The molecular formula is C19H16Cl2N2O4. The van der Waals surface area contributed by atoms with Crippen molar-refractivity contribution in [2.24, 2.45) is 0 Å². The Morgan fingerprint density at radius 1 is 1.44 bits per heavy atom. The molecule has 0 saturated carbocycles. The summed E-state index contributed by atoms with van der Waals surface area (Å²) in [6, 6.07) is 6.19. The molecule has 3 rings (SSSR count). The maximum absolute atomic E-state index is 13.0. The smallest absolute Gasteiger partial charge is 0.271 e. The van der Waals surface area contributed by atoms with Crippen molar-refractivity contribution in [2.45, 2.75) is 32.4 Å². The van der Waals surface area contributed by atoms with Gasteiger partial charge in [0.1, 0.15) is 11.6 Å². The Morgan fingerprint density at radius 3 is 2.78 bits per heavy atom. The number of nitrogens with zero attached hydrogens (tertiary/aromatic N) is 2. The van der Waals surface area contributed by atoms with Gasteiger partial charge in [0.15, 0.2) is 5.78 Å². The van der Waals surface area contributed by atoms with Gasteiger partial charge in [0, 0.05) is 17.2 Å². The van der Waals surface area contributed by atoms with Crippen molar-refractivity contribution < 1.29 is 14.6 Å². The molecule has 1 N–H and O–H groups in total. The van der Waals surface area contributed by atoms with Gasteiger partial charge in [-0.05, 0) is 43.5 Å². The van der Waals surface area contributed by atoms with E-state index in [0.29, 0.717) is 11.6 Å². The Kier molecular flexibility index (Phi) is 5.56. The van der Waals surface area contributed by atoms with Crippen LogP contribution in [-0.4, -0.2) is 28.2 Å². The number of ketones is 1. The molecule has 6 nitrogen and oxygen atoms in total. The van der Waals surface area contributed by atoms with E-state index in [0.717, 1.165) is 17.4 Å². The first-order chi connectivity index (χ1) is 12.8. The second-order valence-electron chi connectivity index (χ2n) is 6.31. The van der Waals surface area contributed by atoms with Crippen LogP contribution in [0.1, 0.15) is 39.9 Å². The topological polar surface area (TPSA) is 92.3 Å². The first-order valence-electron chi connectivity index (χ1n) is 8.33. The van der Waals surface area contributed by atoms with E-state index >= 15 is 0 Å². The van der Waals surface area contributed by atoms with Crippen molar-refractivity contribution in [1.29, 1.82) is 5.26 Å². The second kappa shape index (κ2) is 7.73. The number of pyridine rings is 1. The van der Waals surface area contributed by atoms with Gasteiger partial charge < -0.3 is 9.84 Å². The molecule has 1 fully saturated rings. The zero-order valence-electron chi connectivity index (χ0n) is 14.5. The number of carbonyl (C=O) groups excluding carboxylic acids is 1. The molecule has 27 heavy (non-hydrogen) atoms. The van der Waals surface area contributed by atoms with Crippen LogP contribution in [0.2, 0.25) is 10.0 Å². The highest BCUT2D eigenvalue weighted by atomic mass is 35.5. The number of hydrogen-bond acceptors (Lipinski definition) is 5. The number of benzene rings is 1. The molecule has 0 aliphatic carbocycles. The van der Waals surface area contributed by atoms with Gasteiger partial charge in [0.05, 0.1) is 23.2 Å². The first kappa shape index (κ1) is 19.4. The molecule has 1 aromatic heterocycles. The third kappa shape index (κ3) is 3.59. The second-order valence-corrected chi connectivity index (χ2v) is 7.16. The van der Waals surface area contributed by atoms with Gasteiger partial charge in [-0.25, -0.2) is 0 Å². The molecule has 2 heterocycles. The van der Waals surface area contributed by atoms with Gasteiger partial charge in [-0.2, -0.15) is 5.26 Å². The van der Waals surface area contributed by atoms with E-state index in [1.807, 2.05) is 6.07 Å². The van der Waals surface area contributed by atoms with Crippen molar-refractivity contribution in [2.75, 3.05) is 6.61 Å². The summed E-state index contributed by atoms with van der Waals surface area (Å²) in [5.41, 5.74) is -0.750. The predicted octanol–water partition coefficient (Wildman–Crippen LogP) is 3.45. The summed E-state index contributed by atoms with van der Waals surface area (Å²) >= 11 is 12.0. The van der Waals surface area contributed by atoms with Crippen LogP contribution in [0.3, 0.4) is 0 Å². The molecule has 0 radical (unpaired) electrons. The minimum atomic E-state index is -0.651. The van der Waals surface area contributed by atoms with Crippen molar-refractivity contribution in [3.05, 3.63) is 60.9 Å². The van der Waals surface area contributed by atoms with Crippen molar-refractivity contribution in [3.63, 3.8) is 0 Å². The molecule has 1 unspecified atom stereocenters. The summed E-state index contributed by atoms with van der Waals surface area (Å²) in [5, 5.41) is 20.6. The minimum Gasteiger partial charge on any atom is -0.494 e. The summed E-state index contributed by atoms with van der Waals surface area (Å²) in [6.07, 6.45) is 1.32. The summed E-state index contributed by atoms with van der Waals surface area (Å²) < 4.78 is 6.54. The minimum absolute atomic E-state index is 0.0637. The van der Waals surface area contributed by atoms with E-state index < -0.39 is 17.2 Å². The van der Waals surface area contributed by atoms with Crippen molar-refractivity contribution >= 4 is 29.0 Å². The van der Waals surface area contributed by atoms with Crippen LogP contribution in [0.4, 0.5) is 0 Å². The Bertz CT molecular complexity index is 1020. The van der Waals surface area contributed by atoms with Crippen LogP contribution < -0.4 is 5.56 Å². The Balaban J connectivity index is 2.18. The molecule has 0 bridgehead atoms. The van der Waals surface area contributed by atoms with Crippen LogP contribution in [0, 0.1) is 18.3 Å². The first-order valence-corrected chi connectivity index (χ1v) is 9.08. The highest BCUT2D eigenvalue weighted by molar-refractivity contribution is 6.37. The van der Waals surface area contributed by atoms with E-state index in [2.05, 4.69) is 0 Å². The van der Waals surface area contributed by atoms with Gasteiger partial charge in [-0.15, -0.1) is 0 Å². The van der Waals surface area contributed by atoms with Gasteiger partial charge >= 0.3 is 0 Å². The van der Waals surface area contributed by atoms with Gasteiger partial charge in [-0.3, -0.25) is 14.2 Å². The van der Waals surface area contributed by atoms with Crippen LogP contribution in [0.25, 0.3) is 0 Å². The van der Waals surface area contributed by atoms with Crippen LogP contribution in [0.15, 0.2) is 23.0 Å². The van der Waals surface area contributed by atoms with E-state index in [4.69, 9.17) is 27.9 Å². The molecule has 2 aromatic rings. The lowest BCUT2D eigenvalue weighted by Gasteiger charge is -2.18. The molecule has 1 aliphatic heterocycles. The van der Waals surface area contributed by atoms with E-state index in [-0.39, 0.29) is 39.9 Å². The monoisotopic (exact) mass is 406 g/mol. The van der Waals surface area contributed by atoms with Gasteiger partial charge in [0.25, 0.3) is 5.56 Å². The summed E-state index contributed by atoms with van der Waals surface area (Å²) in [5.74, 6) is -1.09. The lowest BCUT2D eigenvalue weighted by molar-refractivity contribution is 0.0929. The number of ether oxygens (including phenoxy) is 1. The van der Waals surface area contributed by atoms with Crippen molar-refractivity contribution in [3.8, 4) is 11.9 Å². The number of hydrogen-bond donors (Lipinski definition) is 1. The molecule has 1 aromatic carbocycles. The third-order valence-electron chi connectivity index (χ3n) is 4.61. The number of aromatic hydroxyl groups is 1. The van der Waals surface area contributed by atoms with Crippen LogP contribution >= 0.6 is 23.2 Å². The Labute approximate surface area is 165 Å². The summed E-state index contributed by atoms with van der Waals surface area (Å²) in [4.78, 5) is 25.7. The third-order valence-corrected chi connectivity index (χ3v) is 5.16. The van der Waals surface area contributed by atoms with Gasteiger partial charge in [-0.1, -0.05) is 23.2 Å². The number of nitriles is 1. The largest absolute Gasteiger partial charge is 0.494 e. The standard InChI is InChI=1S/C19H16Cl2N2O4/c1-10-14(8-22)18(25)23(9-12-3-2-6-27-12)19(26)16(10)17(24)13-5-4-11(20)7-15(13)21/h4-5,7,12,26H,2-3,6,9H2,1H3. The predicted molar refractivity (Wildman–Crippen MR) is 101 cm³/mol. The lowest BCUT2D eigenvalue weighted by Crippen LogP contribution is -2.30. The molecule has 140 valence electrons. The van der Waals surface area contributed by atoms with E-state index in [9.17, 15) is 20.0 Å². The van der Waals surface area contributed by atoms with Crippen molar-refractivity contribution in [1.82, 2.24) is 4.57 Å². The molecule has 1 saturated heterocycles. The fourth-order valence-corrected chi connectivity index (χ4v) is 3.69. The molecule has 1 aliphatic rings. The zero-order valence-corrected chi connectivity index (χ0v) is 16.0. The van der Waals surface area contributed by atoms with Crippen LogP contribution in [-0.2, 0) is 11.3 Å².